The van der Waals surface area contributed by atoms with Crippen LogP contribution in [-0.4, -0.2) is 18.2 Å². The van der Waals surface area contributed by atoms with Gasteiger partial charge in [0, 0.05) is 0 Å². The monoisotopic (exact) mass is 236 g/mol. The normalized spacial score (nSPS) is 11.4. The molecule has 0 heterocycles. The Balaban J connectivity index is 3.20. The van der Waals surface area contributed by atoms with Gasteiger partial charge in [0.15, 0.2) is 0 Å². The average Bonchev–Trinajstić information content (AvgIpc) is 2.21. The summed E-state index contributed by atoms with van der Waals surface area (Å²) in [5, 5.41) is 10.0. The zero-order valence-corrected chi connectivity index (χ0v) is 11.1. The summed E-state index contributed by atoms with van der Waals surface area (Å²) in [5.74, 6) is 0.0427. The summed E-state index contributed by atoms with van der Waals surface area (Å²) < 4.78 is 4.65. The van der Waals surface area contributed by atoms with Crippen LogP contribution in [-0.2, 0) is 21.4 Å². The third-order valence-electron chi connectivity index (χ3n) is 2.74. The molecule has 1 aromatic carbocycles. The summed E-state index contributed by atoms with van der Waals surface area (Å²) in [5.41, 5.74) is 2.37. The van der Waals surface area contributed by atoms with Gasteiger partial charge in [-0.3, -0.25) is 4.79 Å². The van der Waals surface area contributed by atoms with E-state index in [1.807, 2.05) is 39.8 Å². The zero-order chi connectivity index (χ0) is 13.2. The molecule has 0 aliphatic carbocycles. The van der Waals surface area contributed by atoms with Crippen molar-refractivity contribution in [2.45, 2.75) is 39.5 Å². The first-order valence-corrected chi connectivity index (χ1v) is 5.65. The lowest BCUT2D eigenvalue weighted by Crippen LogP contribution is -2.13. The standard InChI is InChI=1S/C14H20O3/c1-9-6-10(8-12(15)17-5)7-11(13(9)16)14(2,3)4/h6-7,16H,8H2,1-5H3. The van der Waals surface area contributed by atoms with Crippen LogP contribution in [0.1, 0.15) is 37.5 Å². The molecule has 0 aliphatic rings. The first-order chi connectivity index (χ1) is 7.75. The molecule has 1 N–H and O–H groups in total. The molecular weight excluding hydrogens is 216 g/mol. The highest BCUT2D eigenvalue weighted by atomic mass is 16.5. The summed E-state index contributed by atoms with van der Waals surface area (Å²) in [6.45, 7) is 7.93. The van der Waals surface area contributed by atoms with Gasteiger partial charge in [0.05, 0.1) is 13.5 Å². The topological polar surface area (TPSA) is 46.5 Å². The van der Waals surface area contributed by atoms with Crippen molar-refractivity contribution >= 4 is 5.97 Å². The van der Waals surface area contributed by atoms with Crippen LogP contribution in [0.3, 0.4) is 0 Å². The van der Waals surface area contributed by atoms with E-state index in [2.05, 4.69) is 4.74 Å². The molecule has 1 aromatic rings. The van der Waals surface area contributed by atoms with E-state index in [0.717, 1.165) is 16.7 Å². The number of carbonyl (C=O) groups excluding carboxylic acids is 1. The van der Waals surface area contributed by atoms with Crippen LogP contribution in [0.15, 0.2) is 12.1 Å². The summed E-state index contributed by atoms with van der Waals surface area (Å²) in [7, 11) is 1.38. The number of carbonyl (C=O) groups is 1. The number of hydrogen-bond acceptors (Lipinski definition) is 3. The lowest BCUT2D eigenvalue weighted by Gasteiger charge is -2.22. The molecule has 0 amide bonds. The van der Waals surface area contributed by atoms with E-state index in [1.54, 1.807) is 0 Å². The molecular formula is C14H20O3. The van der Waals surface area contributed by atoms with Gasteiger partial charge in [-0.15, -0.1) is 0 Å². The number of phenols is 1. The molecule has 0 aliphatic heterocycles. The van der Waals surface area contributed by atoms with Gasteiger partial charge in [-0.25, -0.2) is 0 Å². The summed E-state index contributed by atoms with van der Waals surface area (Å²) in [6, 6.07) is 3.70. The molecule has 0 fully saturated rings. The second-order valence-electron chi connectivity index (χ2n) is 5.31. The number of rotatable bonds is 2. The van der Waals surface area contributed by atoms with Crippen molar-refractivity contribution in [2.75, 3.05) is 7.11 Å². The lowest BCUT2D eigenvalue weighted by molar-refractivity contribution is -0.139. The molecule has 0 saturated carbocycles. The molecule has 0 spiro atoms. The minimum Gasteiger partial charge on any atom is -0.507 e. The van der Waals surface area contributed by atoms with Crippen molar-refractivity contribution in [3.05, 3.63) is 28.8 Å². The SMILES string of the molecule is COC(=O)Cc1cc(C)c(O)c(C(C)(C)C)c1. The number of aryl methyl sites for hydroxylation is 1. The van der Waals surface area contributed by atoms with E-state index >= 15 is 0 Å². The molecule has 1 rings (SSSR count). The molecule has 0 aromatic heterocycles. The maximum Gasteiger partial charge on any atom is 0.309 e. The van der Waals surface area contributed by atoms with Crippen molar-refractivity contribution in [2.24, 2.45) is 0 Å². The van der Waals surface area contributed by atoms with E-state index < -0.39 is 0 Å². The fraction of sp³-hybridized carbons (Fsp3) is 0.500. The fourth-order valence-corrected chi connectivity index (χ4v) is 1.77. The van der Waals surface area contributed by atoms with Gasteiger partial charge in [0.2, 0.25) is 0 Å². The van der Waals surface area contributed by atoms with Crippen LogP contribution in [0.5, 0.6) is 5.75 Å². The van der Waals surface area contributed by atoms with E-state index in [9.17, 15) is 9.90 Å². The number of ether oxygens (including phenoxy) is 1. The molecule has 0 saturated heterocycles. The summed E-state index contributed by atoms with van der Waals surface area (Å²) in [6.07, 6.45) is 0.237. The Morgan fingerprint density at radius 1 is 1.35 bits per heavy atom. The largest absolute Gasteiger partial charge is 0.507 e. The van der Waals surface area contributed by atoms with Crippen molar-refractivity contribution in [1.29, 1.82) is 0 Å². The minimum atomic E-state index is -0.269. The number of aromatic hydroxyl groups is 1. The number of benzene rings is 1. The number of methoxy groups -OCH3 is 1. The van der Waals surface area contributed by atoms with Crippen molar-refractivity contribution in [1.82, 2.24) is 0 Å². The summed E-state index contributed by atoms with van der Waals surface area (Å²) >= 11 is 0. The van der Waals surface area contributed by atoms with E-state index in [-0.39, 0.29) is 17.8 Å². The Hall–Kier alpha value is -1.51. The Labute approximate surface area is 102 Å². The number of phenolic OH excluding ortho intramolecular Hbond substituents is 1. The van der Waals surface area contributed by atoms with Crippen LogP contribution in [0.4, 0.5) is 0 Å². The van der Waals surface area contributed by atoms with Gasteiger partial charge in [-0.1, -0.05) is 32.9 Å². The van der Waals surface area contributed by atoms with E-state index in [1.165, 1.54) is 7.11 Å². The Morgan fingerprint density at radius 2 is 1.94 bits per heavy atom. The minimum absolute atomic E-state index is 0.152. The van der Waals surface area contributed by atoms with Crippen molar-refractivity contribution in [3.63, 3.8) is 0 Å². The molecule has 17 heavy (non-hydrogen) atoms. The Morgan fingerprint density at radius 3 is 2.41 bits per heavy atom. The number of esters is 1. The second-order valence-corrected chi connectivity index (χ2v) is 5.31. The smallest absolute Gasteiger partial charge is 0.309 e. The highest BCUT2D eigenvalue weighted by molar-refractivity contribution is 5.72. The highest BCUT2D eigenvalue weighted by Gasteiger charge is 2.20. The predicted molar refractivity (Wildman–Crippen MR) is 67.3 cm³/mol. The van der Waals surface area contributed by atoms with Crippen molar-refractivity contribution in [3.8, 4) is 5.75 Å². The first-order valence-electron chi connectivity index (χ1n) is 5.65. The first kappa shape index (κ1) is 13.6. The molecule has 0 unspecified atom stereocenters. The third-order valence-corrected chi connectivity index (χ3v) is 2.74. The maximum atomic E-state index is 11.3. The molecule has 3 nitrogen and oxygen atoms in total. The van der Waals surface area contributed by atoms with Crippen LogP contribution in [0.2, 0.25) is 0 Å². The Bertz CT molecular complexity index is 428. The zero-order valence-electron chi connectivity index (χ0n) is 11.1. The molecule has 0 radical (unpaired) electrons. The molecule has 94 valence electrons. The van der Waals surface area contributed by atoms with Gasteiger partial charge in [-0.05, 0) is 29.0 Å². The number of hydrogen-bond donors (Lipinski definition) is 1. The maximum absolute atomic E-state index is 11.3. The third kappa shape index (κ3) is 3.22. The average molecular weight is 236 g/mol. The van der Waals surface area contributed by atoms with Crippen molar-refractivity contribution < 1.29 is 14.6 Å². The Kier molecular flexibility index (Phi) is 3.81. The van der Waals surface area contributed by atoms with Crippen LogP contribution < -0.4 is 0 Å². The quantitative estimate of drug-likeness (QED) is 0.803. The van der Waals surface area contributed by atoms with Crippen LogP contribution >= 0.6 is 0 Å². The van der Waals surface area contributed by atoms with E-state index in [0.29, 0.717) is 5.75 Å². The lowest BCUT2D eigenvalue weighted by atomic mass is 9.84. The molecule has 0 bridgehead atoms. The molecule has 0 atom stereocenters. The van der Waals surface area contributed by atoms with Gasteiger partial charge in [-0.2, -0.15) is 0 Å². The highest BCUT2D eigenvalue weighted by Crippen LogP contribution is 2.34. The predicted octanol–water partition coefficient (Wildman–Crippen LogP) is 2.71. The van der Waals surface area contributed by atoms with Crippen LogP contribution in [0, 0.1) is 6.92 Å². The second kappa shape index (κ2) is 4.78. The van der Waals surface area contributed by atoms with Gasteiger partial charge in [0.25, 0.3) is 0 Å². The van der Waals surface area contributed by atoms with Gasteiger partial charge < -0.3 is 9.84 Å². The molecule has 3 heteroatoms. The summed E-state index contributed by atoms with van der Waals surface area (Å²) in [4.78, 5) is 11.3. The van der Waals surface area contributed by atoms with Crippen LogP contribution in [0.25, 0.3) is 0 Å². The van der Waals surface area contributed by atoms with Gasteiger partial charge in [0.1, 0.15) is 5.75 Å². The fourth-order valence-electron chi connectivity index (χ4n) is 1.77. The van der Waals surface area contributed by atoms with E-state index in [4.69, 9.17) is 0 Å². The van der Waals surface area contributed by atoms with Gasteiger partial charge >= 0.3 is 5.97 Å².